The number of benzene rings is 1. The van der Waals surface area contributed by atoms with E-state index in [1.807, 2.05) is 12.1 Å². The molecule has 2 aromatic rings. The third kappa shape index (κ3) is 3.54. The molecule has 1 saturated heterocycles. The Bertz CT molecular complexity index is 671. The van der Waals surface area contributed by atoms with Crippen LogP contribution >= 0.6 is 0 Å². The van der Waals surface area contributed by atoms with Gasteiger partial charge < -0.3 is 5.11 Å². The van der Waals surface area contributed by atoms with E-state index in [-0.39, 0.29) is 6.04 Å². The Morgan fingerprint density at radius 2 is 1.60 bits per heavy atom. The Kier molecular flexibility index (Phi) is 4.97. The molecule has 25 heavy (non-hydrogen) atoms. The molecule has 6 nitrogen and oxygen atoms in total. The Labute approximate surface area is 148 Å². The number of hydrogen-bond acceptors (Lipinski definition) is 5. The number of phenols is 1. The number of hydrogen-bond donors (Lipinski definition) is 1. The molecule has 4 rings (SSSR count). The fourth-order valence-corrected chi connectivity index (χ4v) is 4.32. The lowest BCUT2D eigenvalue weighted by atomic mass is 9.94. The zero-order valence-corrected chi connectivity index (χ0v) is 14.7. The van der Waals surface area contributed by atoms with Crippen molar-refractivity contribution in [1.29, 1.82) is 0 Å². The molecule has 0 bridgehead atoms. The van der Waals surface area contributed by atoms with Crippen LogP contribution in [0.4, 0.5) is 0 Å². The zero-order chi connectivity index (χ0) is 17.1. The predicted octanol–water partition coefficient (Wildman–Crippen LogP) is 3.46. The van der Waals surface area contributed by atoms with E-state index in [0.717, 1.165) is 24.5 Å². The summed E-state index contributed by atoms with van der Waals surface area (Å²) in [5, 5.41) is 22.6. The minimum atomic E-state index is 0.0674. The highest BCUT2D eigenvalue weighted by Crippen LogP contribution is 2.34. The van der Waals surface area contributed by atoms with E-state index in [4.69, 9.17) is 0 Å². The van der Waals surface area contributed by atoms with Crippen molar-refractivity contribution in [2.75, 3.05) is 13.1 Å². The highest BCUT2D eigenvalue weighted by Gasteiger charge is 2.31. The molecule has 1 aliphatic carbocycles. The Morgan fingerprint density at radius 3 is 2.32 bits per heavy atom. The molecule has 0 spiro atoms. The van der Waals surface area contributed by atoms with Crippen molar-refractivity contribution in [2.45, 2.75) is 63.5 Å². The summed E-state index contributed by atoms with van der Waals surface area (Å²) in [6.45, 7) is 2.14. The van der Waals surface area contributed by atoms with Gasteiger partial charge in [0, 0.05) is 0 Å². The molecule has 0 amide bonds. The first-order valence-corrected chi connectivity index (χ1v) is 9.63. The molecule has 0 unspecified atom stereocenters. The van der Waals surface area contributed by atoms with Crippen LogP contribution in [0.3, 0.4) is 0 Å². The molecule has 1 N–H and O–H groups in total. The number of aromatic hydroxyl groups is 1. The number of aromatic nitrogens is 4. The summed E-state index contributed by atoms with van der Waals surface area (Å²) in [4.78, 5) is 2.50. The standard InChI is InChI=1S/C19H27N5O/c25-17-11-9-15(10-12-17)18(23-13-5-2-6-14-23)19-20-21-22-24(19)16-7-3-1-4-8-16/h9-12,16,18,25H,1-8,13-14H2/t18-/m0/s1. The van der Waals surface area contributed by atoms with Gasteiger partial charge in [-0.1, -0.05) is 37.8 Å². The van der Waals surface area contributed by atoms with Gasteiger partial charge in [0.05, 0.1) is 12.1 Å². The lowest BCUT2D eigenvalue weighted by molar-refractivity contribution is 0.172. The number of likely N-dealkylation sites (tertiary alicyclic amines) is 1. The largest absolute Gasteiger partial charge is 0.508 e. The van der Waals surface area contributed by atoms with E-state index in [0.29, 0.717) is 11.8 Å². The Balaban J connectivity index is 1.70. The SMILES string of the molecule is Oc1ccc([C@@H](c2nnnn2C2CCCCC2)N2CCCCC2)cc1. The van der Waals surface area contributed by atoms with Gasteiger partial charge in [0.1, 0.15) is 5.75 Å². The number of phenolic OH excluding ortho intramolecular Hbond substituents is 1. The van der Waals surface area contributed by atoms with Gasteiger partial charge in [0.15, 0.2) is 5.82 Å². The first-order valence-electron chi connectivity index (χ1n) is 9.63. The second kappa shape index (κ2) is 7.52. The van der Waals surface area contributed by atoms with Crippen LogP contribution in [-0.4, -0.2) is 43.3 Å². The van der Waals surface area contributed by atoms with E-state index < -0.39 is 0 Å². The summed E-state index contributed by atoms with van der Waals surface area (Å²) in [6.07, 6.45) is 9.92. The van der Waals surface area contributed by atoms with Gasteiger partial charge in [0.25, 0.3) is 0 Å². The summed E-state index contributed by atoms with van der Waals surface area (Å²) in [5.74, 6) is 1.26. The van der Waals surface area contributed by atoms with Crippen molar-refractivity contribution in [2.24, 2.45) is 0 Å². The smallest absolute Gasteiger partial charge is 0.173 e. The quantitative estimate of drug-likeness (QED) is 0.922. The summed E-state index contributed by atoms with van der Waals surface area (Å²) in [6, 6.07) is 8.03. The molecule has 2 fully saturated rings. The van der Waals surface area contributed by atoms with Gasteiger partial charge in [-0.05, 0) is 66.9 Å². The van der Waals surface area contributed by atoms with E-state index in [1.165, 1.54) is 51.4 Å². The summed E-state index contributed by atoms with van der Waals surface area (Å²) < 4.78 is 2.09. The van der Waals surface area contributed by atoms with E-state index in [2.05, 4.69) is 25.1 Å². The van der Waals surface area contributed by atoms with Crippen LogP contribution in [0.5, 0.6) is 5.75 Å². The summed E-state index contributed by atoms with van der Waals surface area (Å²) in [7, 11) is 0. The molecule has 1 atom stereocenters. The van der Waals surface area contributed by atoms with Crippen LogP contribution in [0.25, 0.3) is 0 Å². The second-order valence-corrected chi connectivity index (χ2v) is 7.36. The molecule has 6 heteroatoms. The molecule has 1 aromatic heterocycles. The predicted molar refractivity (Wildman–Crippen MR) is 95.3 cm³/mol. The Hall–Kier alpha value is -1.95. The molecule has 1 aromatic carbocycles. The third-order valence-electron chi connectivity index (χ3n) is 5.65. The highest BCUT2D eigenvalue weighted by molar-refractivity contribution is 5.31. The molecule has 1 saturated carbocycles. The maximum atomic E-state index is 9.68. The monoisotopic (exact) mass is 341 g/mol. The molecular formula is C19H27N5O. The van der Waals surface area contributed by atoms with Crippen molar-refractivity contribution in [1.82, 2.24) is 25.1 Å². The summed E-state index contributed by atoms with van der Waals surface area (Å²) >= 11 is 0. The van der Waals surface area contributed by atoms with Crippen molar-refractivity contribution in [3.63, 3.8) is 0 Å². The third-order valence-corrected chi connectivity index (χ3v) is 5.65. The van der Waals surface area contributed by atoms with Crippen molar-refractivity contribution in [3.8, 4) is 5.75 Å². The van der Waals surface area contributed by atoms with Gasteiger partial charge in [-0.3, -0.25) is 4.90 Å². The van der Waals surface area contributed by atoms with Crippen LogP contribution in [0, 0.1) is 0 Å². The minimum absolute atomic E-state index is 0.0674. The van der Waals surface area contributed by atoms with Crippen molar-refractivity contribution in [3.05, 3.63) is 35.7 Å². The average molecular weight is 341 g/mol. The molecule has 2 aliphatic rings. The van der Waals surface area contributed by atoms with Crippen molar-refractivity contribution >= 4 is 0 Å². The normalized spacial score (nSPS) is 21.3. The first-order chi connectivity index (χ1) is 12.3. The van der Waals surface area contributed by atoms with Gasteiger partial charge >= 0.3 is 0 Å². The van der Waals surface area contributed by atoms with E-state index in [9.17, 15) is 5.11 Å². The molecule has 134 valence electrons. The number of rotatable bonds is 4. The van der Waals surface area contributed by atoms with Crippen LogP contribution in [0.15, 0.2) is 24.3 Å². The topological polar surface area (TPSA) is 67.1 Å². The zero-order valence-electron chi connectivity index (χ0n) is 14.7. The lowest BCUT2D eigenvalue weighted by Crippen LogP contribution is -2.36. The number of piperidine rings is 1. The van der Waals surface area contributed by atoms with Crippen LogP contribution < -0.4 is 0 Å². The van der Waals surface area contributed by atoms with Gasteiger partial charge in [-0.25, -0.2) is 4.68 Å². The highest BCUT2D eigenvalue weighted by atomic mass is 16.3. The van der Waals surface area contributed by atoms with Crippen LogP contribution in [-0.2, 0) is 0 Å². The van der Waals surface area contributed by atoms with Gasteiger partial charge in [-0.2, -0.15) is 0 Å². The molecule has 1 aliphatic heterocycles. The maximum absolute atomic E-state index is 9.68. The minimum Gasteiger partial charge on any atom is -0.508 e. The average Bonchev–Trinajstić information content (AvgIpc) is 3.14. The molecule has 0 radical (unpaired) electrons. The van der Waals surface area contributed by atoms with E-state index in [1.54, 1.807) is 12.1 Å². The number of tetrazole rings is 1. The maximum Gasteiger partial charge on any atom is 0.173 e. The first kappa shape index (κ1) is 16.5. The van der Waals surface area contributed by atoms with Crippen LogP contribution in [0.2, 0.25) is 0 Å². The lowest BCUT2D eigenvalue weighted by Gasteiger charge is -2.35. The molecule has 2 heterocycles. The van der Waals surface area contributed by atoms with E-state index >= 15 is 0 Å². The fourth-order valence-electron chi connectivity index (χ4n) is 4.32. The summed E-state index contributed by atoms with van der Waals surface area (Å²) in [5.41, 5.74) is 1.16. The van der Waals surface area contributed by atoms with Crippen LogP contribution in [0.1, 0.15) is 74.8 Å². The van der Waals surface area contributed by atoms with Gasteiger partial charge in [0.2, 0.25) is 0 Å². The number of nitrogens with zero attached hydrogens (tertiary/aromatic N) is 5. The second-order valence-electron chi connectivity index (χ2n) is 7.36. The fraction of sp³-hybridized carbons (Fsp3) is 0.632. The Morgan fingerprint density at radius 1 is 0.920 bits per heavy atom. The molecular weight excluding hydrogens is 314 g/mol. The van der Waals surface area contributed by atoms with Crippen molar-refractivity contribution < 1.29 is 5.11 Å². The van der Waals surface area contributed by atoms with Gasteiger partial charge in [-0.15, -0.1) is 5.10 Å².